The van der Waals surface area contributed by atoms with Gasteiger partial charge in [0, 0.05) is 12.6 Å². The molecule has 1 atom stereocenters. The highest BCUT2D eigenvalue weighted by Crippen LogP contribution is 2.23. The molecule has 108 valence electrons. The molecular weight excluding hydrogens is 255 g/mol. The van der Waals surface area contributed by atoms with E-state index in [2.05, 4.69) is 4.74 Å². The maximum absolute atomic E-state index is 11.9. The van der Waals surface area contributed by atoms with Crippen molar-refractivity contribution in [3.05, 3.63) is 34.4 Å². The summed E-state index contributed by atoms with van der Waals surface area (Å²) >= 11 is 0. The third-order valence-electron chi connectivity index (χ3n) is 3.12. The van der Waals surface area contributed by atoms with E-state index in [1.165, 1.54) is 5.56 Å². The Hall–Kier alpha value is -1.07. The van der Waals surface area contributed by atoms with E-state index in [0.717, 1.165) is 16.7 Å². The topological polar surface area (TPSA) is 35.2 Å². The molecule has 2 nitrogen and oxygen atoms in total. The first kappa shape index (κ1) is 16.0. The molecule has 1 aromatic carbocycles. The van der Waals surface area contributed by atoms with Gasteiger partial charge in [0.1, 0.15) is 6.61 Å². The zero-order valence-corrected chi connectivity index (χ0v) is 11.5. The molecule has 0 bridgehead atoms. The fourth-order valence-corrected chi connectivity index (χ4v) is 1.94. The van der Waals surface area contributed by atoms with E-state index in [-0.39, 0.29) is 12.6 Å². The van der Waals surface area contributed by atoms with Crippen LogP contribution in [0, 0.1) is 20.8 Å². The first-order chi connectivity index (χ1) is 8.70. The second-order valence-electron chi connectivity index (χ2n) is 4.86. The molecule has 0 aliphatic carbocycles. The van der Waals surface area contributed by atoms with Crippen molar-refractivity contribution in [2.75, 3.05) is 13.2 Å². The lowest BCUT2D eigenvalue weighted by Crippen LogP contribution is -2.20. The number of halogens is 3. The summed E-state index contributed by atoms with van der Waals surface area (Å²) in [7, 11) is 0. The molecule has 0 spiro atoms. The number of aryl methyl sites for hydroxylation is 3. The quantitative estimate of drug-likeness (QED) is 0.834. The number of rotatable bonds is 5. The van der Waals surface area contributed by atoms with Crippen LogP contribution in [0.4, 0.5) is 13.2 Å². The van der Waals surface area contributed by atoms with Crippen molar-refractivity contribution < 1.29 is 17.9 Å². The van der Waals surface area contributed by atoms with Crippen LogP contribution in [-0.2, 0) is 4.74 Å². The predicted octanol–water partition coefficient (Wildman–Crippen LogP) is 3.58. The highest BCUT2D eigenvalue weighted by molar-refractivity contribution is 5.38. The Morgan fingerprint density at radius 3 is 2.26 bits per heavy atom. The minimum atomic E-state index is -4.28. The summed E-state index contributed by atoms with van der Waals surface area (Å²) in [5, 5.41) is 0. The van der Waals surface area contributed by atoms with Gasteiger partial charge in [-0.15, -0.1) is 0 Å². The summed E-state index contributed by atoms with van der Waals surface area (Å²) in [5.74, 6) is 0. The van der Waals surface area contributed by atoms with E-state index in [9.17, 15) is 13.2 Å². The lowest BCUT2D eigenvalue weighted by atomic mass is 9.95. The van der Waals surface area contributed by atoms with Gasteiger partial charge in [0.15, 0.2) is 0 Å². The van der Waals surface area contributed by atoms with Gasteiger partial charge in [0.25, 0.3) is 0 Å². The van der Waals surface area contributed by atoms with E-state index >= 15 is 0 Å². The molecule has 5 heteroatoms. The minimum Gasteiger partial charge on any atom is -0.372 e. The number of benzene rings is 1. The average Bonchev–Trinajstić information content (AvgIpc) is 2.28. The monoisotopic (exact) mass is 275 g/mol. The standard InChI is InChI=1S/C14H20F3NO/c1-9-6-11(3)12(7-10(9)2)13(18)4-5-19-8-14(15,16)17/h6-7,13H,4-5,8,18H2,1-3H3. The summed E-state index contributed by atoms with van der Waals surface area (Å²) in [4.78, 5) is 0. The Morgan fingerprint density at radius 2 is 1.68 bits per heavy atom. The van der Waals surface area contributed by atoms with Gasteiger partial charge in [-0.1, -0.05) is 12.1 Å². The molecule has 0 heterocycles. The molecule has 1 rings (SSSR count). The minimum absolute atomic E-state index is 0.00698. The molecule has 1 unspecified atom stereocenters. The SMILES string of the molecule is Cc1cc(C)c(C(N)CCOCC(F)(F)F)cc1C. The van der Waals surface area contributed by atoms with Crippen LogP contribution in [0.3, 0.4) is 0 Å². The van der Waals surface area contributed by atoms with Crippen molar-refractivity contribution >= 4 is 0 Å². The highest BCUT2D eigenvalue weighted by Gasteiger charge is 2.27. The van der Waals surface area contributed by atoms with Crippen LogP contribution in [0.15, 0.2) is 12.1 Å². The Labute approximate surface area is 111 Å². The molecule has 0 saturated heterocycles. The van der Waals surface area contributed by atoms with Crippen LogP contribution in [0.2, 0.25) is 0 Å². The van der Waals surface area contributed by atoms with Gasteiger partial charge in [-0.05, 0) is 49.4 Å². The Morgan fingerprint density at radius 1 is 1.11 bits per heavy atom. The molecule has 2 N–H and O–H groups in total. The smallest absolute Gasteiger partial charge is 0.372 e. The Kier molecular flexibility index (Phi) is 5.38. The zero-order chi connectivity index (χ0) is 14.6. The normalized spacial score (nSPS) is 13.6. The fraction of sp³-hybridized carbons (Fsp3) is 0.571. The van der Waals surface area contributed by atoms with Crippen molar-refractivity contribution in [2.45, 2.75) is 39.4 Å². The maximum Gasteiger partial charge on any atom is 0.411 e. The van der Waals surface area contributed by atoms with Crippen molar-refractivity contribution in [2.24, 2.45) is 5.73 Å². The number of hydrogen-bond acceptors (Lipinski definition) is 2. The molecule has 0 fully saturated rings. The van der Waals surface area contributed by atoms with Crippen LogP contribution in [0.5, 0.6) is 0 Å². The summed E-state index contributed by atoms with van der Waals surface area (Å²) in [5.41, 5.74) is 10.3. The number of hydrogen-bond donors (Lipinski definition) is 1. The lowest BCUT2D eigenvalue weighted by molar-refractivity contribution is -0.174. The van der Waals surface area contributed by atoms with Gasteiger partial charge in [-0.2, -0.15) is 13.2 Å². The highest BCUT2D eigenvalue weighted by atomic mass is 19.4. The average molecular weight is 275 g/mol. The van der Waals surface area contributed by atoms with Gasteiger partial charge < -0.3 is 10.5 Å². The molecule has 0 radical (unpaired) electrons. The van der Waals surface area contributed by atoms with Crippen molar-refractivity contribution in [1.82, 2.24) is 0 Å². The van der Waals surface area contributed by atoms with Gasteiger partial charge in [-0.3, -0.25) is 0 Å². The number of alkyl halides is 3. The summed E-state index contributed by atoms with van der Waals surface area (Å²) in [6.07, 6.45) is -3.90. The van der Waals surface area contributed by atoms with Crippen molar-refractivity contribution in [3.63, 3.8) is 0 Å². The van der Waals surface area contributed by atoms with E-state index in [1.807, 2.05) is 32.9 Å². The maximum atomic E-state index is 11.9. The lowest BCUT2D eigenvalue weighted by Gasteiger charge is -2.17. The van der Waals surface area contributed by atoms with Gasteiger partial charge >= 0.3 is 6.18 Å². The summed E-state index contributed by atoms with van der Waals surface area (Å²) < 4.78 is 40.3. The van der Waals surface area contributed by atoms with Crippen LogP contribution in [0.25, 0.3) is 0 Å². The molecule has 0 aromatic heterocycles. The molecule has 1 aromatic rings. The van der Waals surface area contributed by atoms with E-state index in [1.54, 1.807) is 0 Å². The fourth-order valence-electron chi connectivity index (χ4n) is 1.94. The second-order valence-corrected chi connectivity index (χ2v) is 4.86. The van der Waals surface area contributed by atoms with E-state index < -0.39 is 12.8 Å². The van der Waals surface area contributed by atoms with Crippen LogP contribution in [0.1, 0.15) is 34.7 Å². The summed E-state index contributed by atoms with van der Waals surface area (Å²) in [6, 6.07) is 3.74. The first-order valence-electron chi connectivity index (χ1n) is 6.18. The van der Waals surface area contributed by atoms with Crippen molar-refractivity contribution in [3.8, 4) is 0 Å². The second kappa shape index (κ2) is 6.39. The van der Waals surface area contributed by atoms with E-state index in [4.69, 9.17) is 5.73 Å². The van der Waals surface area contributed by atoms with Gasteiger partial charge in [0.05, 0.1) is 0 Å². The van der Waals surface area contributed by atoms with Gasteiger partial charge in [0.2, 0.25) is 0 Å². The van der Waals surface area contributed by atoms with Crippen molar-refractivity contribution in [1.29, 1.82) is 0 Å². The number of nitrogens with two attached hydrogens (primary N) is 1. The van der Waals surface area contributed by atoms with E-state index in [0.29, 0.717) is 6.42 Å². The molecule has 0 saturated carbocycles. The van der Waals surface area contributed by atoms with Crippen LogP contribution in [-0.4, -0.2) is 19.4 Å². The Balaban J connectivity index is 2.54. The molecule has 19 heavy (non-hydrogen) atoms. The predicted molar refractivity (Wildman–Crippen MR) is 69.1 cm³/mol. The van der Waals surface area contributed by atoms with Gasteiger partial charge in [-0.25, -0.2) is 0 Å². The van der Waals surface area contributed by atoms with Crippen LogP contribution < -0.4 is 5.73 Å². The third kappa shape index (κ3) is 5.20. The summed E-state index contributed by atoms with van der Waals surface area (Å²) in [6.45, 7) is 4.76. The molecular formula is C14H20F3NO. The molecule has 0 amide bonds. The molecule has 0 aliphatic rings. The zero-order valence-electron chi connectivity index (χ0n) is 11.5. The Bertz CT molecular complexity index is 429. The number of ether oxygens (including phenoxy) is 1. The first-order valence-corrected chi connectivity index (χ1v) is 6.18. The third-order valence-corrected chi connectivity index (χ3v) is 3.12. The molecule has 0 aliphatic heterocycles. The largest absolute Gasteiger partial charge is 0.411 e. The van der Waals surface area contributed by atoms with Crippen LogP contribution >= 0.6 is 0 Å².